The van der Waals surface area contributed by atoms with Crippen LogP contribution in [-0.4, -0.2) is 31.3 Å². The summed E-state index contributed by atoms with van der Waals surface area (Å²) in [6, 6.07) is 11.7. The first-order chi connectivity index (χ1) is 16.1. The number of hydrogen-bond acceptors (Lipinski definition) is 4. The van der Waals surface area contributed by atoms with Crippen molar-refractivity contribution in [2.75, 3.05) is 0 Å². The summed E-state index contributed by atoms with van der Waals surface area (Å²) in [6.45, 7) is -0.380. The van der Waals surface area contributed by atoms with Crippen LogP contribution in [0.25, 0.3) is 5.69 Å². The SMILES string of the molecule is O=C(c1ccccc1CO)c1[nH]c(Cl)c(Cl)c1-n1c(C(=O)c2ccc(Cl)cc2O)cc(Cl)c1Cl. The quantitative estimate of drug-likeness (QED) is 0.229. The van der Waals surface area contributed by atoms with Gasteiger partial charge in [-0.05, 0) is 29.8 Å². The molecule has 0 atom stereocenters. The van der Waals surface area contributed by atoms with E-state index < -0.39 is 11.6 Å². The van der Waals surface area contributed by atoms with Crippen LogP contribution in [0.3, 0.4) is 0 Å². The molecule has 4 rings (SSSR count). The highest BCUT2D eigenvalue weighted by molar-refractivity contribution is 6.45. The molecule has 2 aromatic heterocycles. The van der Waals surface area contributed by atoms with Gasteiger partial charge in [0.05, 0.1) is 28.6 Å². The Kier molecular flexibility index (Phi) is 7.01. The van der Waals surface area contributed by atoms with Crippen molar-refractivity contribution < 1.29 is 19.8 Å². The summed E-state index contributed by atoms with van der Waals surface area (Å²) in [5.74, 6) is -1.57. The predicted molar refractivity (Wildman–Crippen MR) is 133 cm³/mol. The second kappa shape index (κ2) is 9.66. The fourth-order valence-electron chi connectivity index (χ4n) is 3.50. The highest BCUT2D eigenvalue weighted by Crippen LogP contribution is 2.40. The number of nitrogens with one attached hydrogen (secondary N) is 1. The molecule has 11 heteroatoms. The molecule has 0 aliphatic heterocycles. The number of carbonyl (C=O) groups excluding carboxylic acids is 2. The molecule has 174 valence electrons. The number of halogens is 5. The van der Waals surface area contributed by atoms with Crippen LogP contribution in [0.1, 0.15) is 37.7 Å². The standard InChI is InChI=1S/C23H13Cl5N2O4/c24-11-5-6-13(16(32)7-11)20(33)15-8-14(25)23(28)30(15)19-17(26)22(27)29-18(19)21(34)12-4-2-1-3-10(12)9-31/h1-8,29,31-32H,9H2. The number of phenols is 1. The normalized spacial score (nSPS) is 11.1. The number of aromatic amines is 1. The number of carbonyl (C=O) groups is 2. The molecule has 0 aliphatic rings. The highest BCUT2D eigenvalue weighted by Gasteiger charge is 2.30. The summed E-state index contributed by atoms with van der Waals surface area (Å²) in [4.78, 5) is 29.5. The first-order valence-corrected chi connectivity index (χ1v) is 11.4. The number of aromatic hydroxyl groups is 1. The predicted octanol–water partition coefficient (Wildman–Crippen LogP) is 6.73. The van der Waals surface area contributed by atoms with Crippen LogP contribution >= 0.6 is 58.0 Å². The third kappa shape index (κ3) is 4.22. The number of nitrogens with zero attached hydrogens (tertiary/aromatic N) is 1. The molecule has 0 aliphatic carbocycles. The molecule has 2 aromatic carbocycles. The number of aliphatic hydroxyl groups is 1. The summed E-state index contributed by atoms with van der Waals surface area (Å²) in [6.07, 6.45) is 0. The van der Waals surface area contributed by atoms with E-state index in [1.165, 1.54) is 34.9 Å². The largest absolute Gasteiger partial charge is 0.507 e. The van der Waals surface area contributed by atoms with Crippen LogP contribution in [0.4, 0.5) is 0 Å². The van der Waals surface area contributed by atoms with Crippen molar-refractivity contribution in [3.8, 4) is 11.4 Å². The first-order valence-electron chi connectivity index (χ1n) is 9.56. The zero-order valence-corrected chi connectivity index (χ0v) is 20.7. The van der Waals surface area contributed by atoms with Gasteiger partial charge in [-0.2, -0.15) is 0 Å². The zero-order chi connectivity index (χ0) is 24.7. The maximum absolute atomic E-state index is 13.5. The number of phenolic OH excluding ortho intramolecular Hbond substituents is 1. The monoisotopic (exact) mass is 556 g/mol. The molecular weight excluding hydrogens is 546 g/mol. The van der Waals surface area contributed by atoms with Crippen molar-refractivity contribution >= 4 is 69.6 Å². The molecule has 0 spiro atoms. The number of aliphatic hydroxyl groups excluding tert-OH is 1. The molecule has 34 heavy (non-hydrogen) atoms. The van der Waals surface area contributed by atoms with Crippen molar-refractivity contribution in [1.82, 2.24) is 9.55 Å². The Morgan fingerprint density at radius 1 is 0.912 bits per heavy atom. The van der Waals surface area contributed by atoms with Gasteiger partial charge in [-0.15, -0.1) is 0 Å². The van der Waals surface area contributed by atoms with Gasteiger partial charge in [0.2, 0.25) is 11.6 Å². The lowest BCUT2D eigenvalue weighted by Crippen LogP contribution is -2.14. The van der Waals surface area contributed by atoms with E-state index in [0.29, 0.717) is 5.56 Å². The molecule has 0 fully saturated rings. The number of aromatic nitrogens is 2. The van der Waals surface area contributed by atoms with Crippen LogP contribution in [0.2, 0.25) is 25.4 Å². The van der Waals surface area contributed by atoms with Crippen molar-refractivity contribution in [3.05, 3.63) is 102 Å². The Balaban J connectivity index is 1.95. The molecule has 0 saturated carbocycles. The summed E-state index contributed by atoms with van der Waals surface area (Å²) in [7, 11) is 0. The number of benzene rings is 2. The maximum atomic E-state index is 13.5. The Labute approximate surface area is 218 Å². The van der Waals surface area contributed by atoms with Gasteiger partial charge in [0.1, 0.15) is 26.8 Å². The van der Waals surface area contributed by atoms with Crippen molar-refractivity contribution in [2.24, 2.45) is 0 Å². The minimum absolute atomic E-state index is 0.000941. The lowest BCUT2D eigenvalue weighted by atomic mass is 10.0. The smallest absolute Gasteiger partial charge is 0.213 e. The third-order valence-corrected chi connectivity index (χ3v) is 6.83. The lowest BCUT2D eigenvalue weighted by molar-refractivity contribution is 0.101. The Morgan fingerprint density at radius 2 is 1.62 bits per heavy atom. The maximum Gasteiger partial charge on any atom is 0.213 e. The van der Waals surface area contributed by atoms with Gasteiger partial charge in [0.15, 0.2) is 0 Å². The van der Waals surface area contributed by atoms with Gasteiger partial charge >= 0.3 is 0 Å². The number of rotatable bonds is 6. The number of H-pyrrole nitrogens is 1. The van der Waals surface area contributed by atoms with Crippen LogP contribution < -0.4 is 0 Å². The number of ketones is 2. The number of hydrogen-bond donors (Lipinski definition) is 3. The summed E-state index contributed by atoms with van der Waals surface area (Å²) < 4.78 is 1.18. The molecule has 2 heterocycles. The summed E-state index contributed by atoms with van der Waals surface area (Å²) in [5.41, 5.74) is 0.303. The highest BCUT2D eigenvalue weighted by atomic mass is 35.5. The molecular formula is C23H13Cl5N2O4. The van der Waals surface area contributed by atoms with Crippen molar-refractivity contribution in [2.45, 2.75) is 6.61 Å². The Bertz CT molecular complexity index is 1460. The van der Waals surface area contributed by atoms with Gasteiger partial charge in [0, 0.05) is 10.6 Å². The minimum Gasteiger partial charge on any atom is -0.507 e. The van der Waals surface area contributed by atoms with Crippen molar-refractivity contribution in [1.29, 1.82) is 0 Å². The molecule has 0 saturated heterocycles. The summed E-state index contributed by atoms with van der Waals surface area (Å²) >= 11 is 31.2. The topological polar surface area (TPSA) is 95.3 Å². The fourth-order valence-corrected chi connectivity index (χ4v) is 4.50. The van der Waals surface area contributed by atoms with E-state index in [1.54, 1.807) is 18.2 Å². The zero-order valence-electron chi connectivity index (χ0n) is 16.9. The van der Waals surface area contributed by atoms with Gasteiger partial charge in [-0.3, -0.25) is 14.2 Å². The van der Waals surface area contributed by atoms with Gasteiger partial charge < -0.3 is 15.2 Å². The Morgan fingerprint density at radius 3 is 2.29 bits per heavy atom. The van der Waals surface area contributed by atoms with Crippen LogP contribution in [0, 0.1) is 0 Å². The van der Waals surface area contributed by atoms with Gasteiger partial charge in [-0.25, -0.2) is 0 Å². The van der Waals surface area contributed by atoms with E-state index in [2.05, 4.69) is 4.98 Å². The van der Waals surface area contributed by atoms with Gasteiger partial charge in [0.25, 0.3) is 0 Å². The minimum atomic E-state index is -0.662. The molecule has 0 unspecified atom stereocenters. The van der Waals surface area contributed by atoms with Gasteiger partial charge in [-0.1, -0.05) is 82.3 Å². The third-order valence-electron chi connectivity index (χ3n) is 5.09. The summed E-state index contributed by atoms with van der Waals surface area (Å²) in [5, 5.41) is 19.9. The van der Waals surface area contributed by atoms with E-state index in [4.69, 9.17) is 58.0 Å². The molecule has 0 bridgehead atoms. The second-order valence-electron chi connectivity index (χ2n) is 7.12. The Hall–Kier alpha value is -2.45. The molecule has 0 amide bonds. The average Bonchev–Trinajstić information content (AvgIpc) is 3.27. The molecule has 6 nitrogen and oxygen atoms in total. The van der Waals surface area contributed by atoms with E-state index in [1.807, 2.05) is 0 Å². The van der Waals surface area contributed by atoms with E-state index >= 15 is 0 Å². The molecule has 4 aromatic rings. The van der Waals surface area contributed by atoms with E-state index in [0.717, 1.165) is 0 Å². The molecule has 3 N–H and O–H groups in total. The van der Waals surface area contributed by atoms with E-state index in [9.17, 15) is 19.8 Å². The average molecular weight is 559 g/mol. The van der Waals surface area contributed by atoms with Crippen molar-refractivity contribution in [3.63, 3.8) is 0 Å². The first kappa shape index (κ1) is 24.7. The van der Waals surface area contributed by atoms with Crippen LogP contribution in [0.15, 0.2) is 48.5 Å². The second-order valence-corrected chi connectivity index (χ2v) is 9.07. The molecule has 0 radical (unpaired) electrons. The van der Waals surface area contributed by atoms with Crippen LogP contribution in [-0.2, 0) is 6.61 Å². The van der Waals surface area contributed by atoms with E-state index in [-0.39, 0.29) is 65.9 Å². The lowest BCUT2D eigenvalue weighted by Gasteiger charge is -2.13. The fraction of sp³-hybridized carbons (Fsp3) is 0.0435. The van der Waals surface area contributed by atoms with Crippen LogP contribution in [0.5, 0.6) is 5.75 Å².